The number of rotatable bonds is 9. The van der Waals surface area contributed by atoms with E-state index < -0.39 is 6.10 Å². The Kier molecular flexibility index (Phi) is 6.50. The van der Waals surface area contributed by atoms with Gasteiger partial charge in [-0.2, -0.15) is 0 Å². The number of fused-ring (bicyclic) bond motifs is 2. The molecule has 0 radical (unpaired) electrons. The molecule has 0 saturated carbocycles. The predicted molar refractivity (Wildman–Crippen MR) is 121 cm³/mol. The summed E-state index contributed by atoms with van der Waals surface area (Å²) in [5.41, 5.74) is 1.88. The first-order valence-corrected chi connectivity index (χ1v) is 10.3. The van der Waals surface area contributed by atoms with E-state index in [1.165, 1.54) is 0 Å². The summed E-state index contributed by atoms with van der Waals surface area (Å²) in [7, 11) is 1.65. The summed E-state index contributed by atoms with van der Waals surface area (Å²) in [4.78, 5) is 12.7. The van der Waals surface area contributed by atoms with Crippen molar-refractivity contribution in [3.8, 4) is 11.5 Å². The molecule has 4 rings (SSSR count). The van der Waals surface area contributed by atoms with Crippen LogP contribution < -0.4 is 20.2 Å². The van der Waals surface area contributed by atoms with Crippen molar-refractivity contribution in [3.05, 3.63) is 82.5 Å². The molecule has 3 aromatic carbocycles. The molecule has 0 amide bonds. The summed E-state index contributed by atoms with van der Waals surface area (Å²) in [6.07, 6.45) is -0.139. The van der Waals surface area contributed by atoms with Crippen LogP contribution in [0.5, 0.6) is 11.5 Å². The normalized spacial score (nSPS) is 12.2. The summed E-state index contributed by atoms with van der Waals surface area (Å²) in [5, 5.41) is 14.6. The molecule has 2 N–H and O–H groups in total. The Morgan fingerprint density at radius 2 is 1.71 bits per heavy atom. The van der Waals surface area contributed by atoms with Gasteiger partial charge in [-0.3, -0.25) is 4.79 Å². The van der Waals surface area contributed by atoms with E-state index in [1.807, 2.05) is 36.4 Å². The van der Waals surface area contributed by atoms with Gasteiger partial charge in [0.2, 0.25) is 5.43 Å². The van der Waals surface area contributed by atoms with Gasteiger partial charge in [-0.15, -0.1) is 0 Å². The third kappa shape index (κ3) is 4.71. The molecule has 160 valence electrons. The van der Waals surface area contributed by atoms with Crippen LogP contribution in [0.1, 0.15) is 12.0 Å². The number of hydrogen-bond acceptors (Lipinski definition) is 6. The predicted octanol–water partition coefficient (Wildman–Crippen LogP) is 3.87. The second-order valence-electron chi connectivity index (χ2n) is 7.30. The lowest BCUT2D eigenvalue weighted by molar-refractivity contribution is 0.100. The zero-order valence-corrected chi connectivity index (χ0v) is 17.3. The lowest BCUT2D eigenvalue weighted by Gasteiger charge is -2.14. The number of hydrogen-bond donors (Lipinski definition) is 2. The van der Waals surface area contributed by atoms with E-state index in [1.54, 1.807) is 37.4 Å². The molecule has 1 aromatic heterocycles. The van der Waals surface area contributed by atoms with Gasteiger partial charge in [-0.05, 0) is 43.3 Å². The number of benzene rings is 3. The summed E-state index contributed by atoms with van der Waals surface area (Å²) < 4.78 is 17.1. The molecular weight excluding hydrogens is 394 g/mol. The Bertz CT molecular complexity index is 1230. The molecule has 6 heteroatoms. The number of aliphatic hydroxyl groups excluding tert-OH is 1. The van der Waals surface area contributed by atoms with Crippen LogP contribution in [0.15, 0.2) is 75.9 Å². The van der Waals surface area contributed by atoms with Crippen LogP contribution in [0.3, 0.4) is 0 Å². The molecule has 1 atom stereocenters. The summed E-state index contributed by atoms with van der Waals surface area (Å²) in [5.74, 6) is 1.28. The molecule has 0 aliphatic rings. The first-order valence-electron chi connectivity index (χ1n) is 10.3. The molecule has 31 heavy (non-hydrogen) atoms. The topological polar surface area (TPSA) is 80.9 Å². The maximum Gasteiger partial charge on any atom is 0.200 e. The van der Waals surface area contributed by atoms with Gasteiger partial charge >= 0.3 is 0 Å². The number of nitrogens with one attached hydrogen (secondary N) is 1. The van der Waals surface area contributed by atoms with E-state index in [-0.39, 0.29) is 12.0 Å². The minimum absolute atomic E-state index is 0.0941. The molecular formula is C25H25NO5. The third-order valence-electron chi connectivity index (χ3n) is 5.16. The van der Waals surface area contributed by atoms with Crippen molar-refractivity contribution in [1.29, 1.82) is 0 Å². The lowest BCUT2D eigenvalue weighted by Crippen LogP contribution is -2.24. The van der Waals surface area contributed by atoms with Crippen LogP contribution in [-0.4, -0.2) is 31.5 Å². The largest absolute Gasteiger partial charge is 0.496 e. The Balaban J connectivity index is 1.36. The molecule has 6 nitrogen and oxygen atoms in total. The molecule has 0 fully saturated rings. The number of aliphatic hydroxyl groups is 1. The molecule has 4 aromatic rings. The van der Waals surface area contributed by atoms with Gasteiger partial charge < -0.3 is 24.3 Å². The highest BCUT2D eigenvalue weighted by atomic mass is 16.5. The second kappa shape index (κ2) is 9.64. The fraction of sp³-hybridized carbons (Fsp3) is 0.240. The monoisotopic (exact) mass is 419 g/mol. The lowest BCUT2D eigenvalue weighted by atomic mass is 10.1. The van der Waals surface area contributed by atoms with Gasteiger partial charge in [0.25, 0.3) is 0 Å². The highest BCUT2D eigenvalue weighted by Gasteiger charge is 2.13. The second-order valence-corrected chi connectivity index (χ2v) is 7.30. The Morgan fingerprint density at radius 1 is 0.968 bits per heavy atom. The molecule has 0 spiro atoms. The van der Waals surface area contributed by atoms with Crippen LogP contribution in [-0.2, 0) is 6.54 Å². The van der Waals surface area contributed by atoms with Crippen LogP contribution in [0.25, 0.3) is 21.9 Å². The molecule has 0 saturated heterocycles. The Morgan fingerprint density at radius 3 is 2.58 bits per heavy atom. The van der Waals surface area contributed by atoms with Crippen LogP contribution in [0.4, 0.5) is 0 Å². The highest BCUT2D eigenvalue weighted by molar-refractivity contribution is 5.92. The smallest absolute Gasteiger partial charge is 0.200 e. The maximum absolute atomic E-state index is 12.7. The van der Waals surface area contributed by atoms with Crippen molar-refractivity contribution < 1.29 is 19.0 Å². The number of ether oxygens (including phenoxy) is 2. The van der Waals surface area contributed by atoms with E-state index in [0.717, 1.165) is 11.3 Å². The third-order valence-corrected chi connectivity index (χ3v) is 5.16. The van der Waals surface area contributed by atoms with E-state index in [0.29, 0.717) is 47.2 Å². The van der Waals surface area contributed by atoms with Gasteiger partial charge in [0.15, 0.2) is 11.3 Å². The fourth-order valence-electron chi connectivity index (χ4n) is 3.52. The van der Waals surface area contributed by atoms with Crippen molar-refractivity contribution >= 4 is 21.9 Å². The molecule has 1 heterocycles. The minimum Gasteiger partial charge on any atom is -0.496 e. The van der Waals surface area contributed by atoms with Gasteiger partial charge in [0.05, 0.1) is 24.0 Å². The van der Waals surface area contributed by atoms with Crippen LogP contribution in [0.2, 0.25) is 0 Å². The first kappa shape index (κ1) is 20.9. The van der Waals surface area contributed by atoms with Crippen LogP contribution in [0, 0.1) is 0 Å². The van der Waals surface area contributed by atoms with E-state index in [9.17, 15) is 9.90 Å². The highest BCUT2D eigenvalue weighted by Crippen LogP contribution is 2.27. The van der Waals surface area contributed by atoms with Gasteiger partial charge in [0, 0.05) is 12.1 Å². The van der Waals surface area contributed by atoms with Crippen molar-refractivity contribution in [2.45, 2.75) is 19.1 Å². The summed E-state index contributed by atoms with van der Waals surface area (Å²) >= 11 is 0. The van der Waals surface area contributed by atoms with E-state index in [4.69, 9.17) is 13.9 Å². The van der Waals surface area contributed by atoms with E-state index in [2.05, 4.69) is 5.32 Å². The average molecular weight is 419 g/mol. The molecule has 0 bridgehead atoms. The summed E-state index contributed by atoms with van der Waals surface area (Å²) in [6, 6.07) is 20.2. The van der Waals surface area contributed by atoms with Gasteiger partial charge in [-0.25, -0.2) is 0 Å². The Hall–Kier alpha value is -3.35. The standard InChI is InChI=1S/C25H25NO5/c1-29-21-10-4-2-7-17(21)15-26-14-13-18(27)16-30-23-12-6-9-20-24(28)19-8-3-5-11-22(19)31-25(20)23/h2-12,18,26-27H,13-16H2,1H3. The van der Waals surface area contributed by atoms with Crippen LogP contribution >= 0.6 is 0 Å². The molecule has 1 unspecified atom stereocenters. The van der Waals surface area contributed by atoms with Crippen molar-refractivity contribution in [2.24, 2.45) is 0 Å². The SMILES string of the molecule is COc1ccccc1CNCCC(O)COc1cccc2c(=O)c3ccccc3oc12. The van der Waals surface area contributed by atoms with E-state index >= 15 is 0 Å². The number of methoxy groups -OCH3 is 1. The molecule has 0 aliphatic carbocycles. The minimum atomic E-state index is -0.660. The quantitative estimate of drug-likeness (QED) is 0.317. The van der Waals surface area contributed by atoms with Crippen molar-refractivity contribution in [3.63, 3.8) is 0 Å². The fourth-order valence-corrected chi connectivity index (χ4v) is 3.52. The number of para-hydroxylation sites is 3. The van der Waals surface area contributed by atoms with Gasteiger partial charge in [-0.1, -0.05) is 36.4 Å². The van der Waals surface area contributed by atoms with Crippen molar-refractivity contribution in [2.75, 3.05) is 20.3 Å². The first-order chi connectivity index (χ1) is 15.2. The molecule has 0 aliphatic heterocycles. The van der Waals surface area contributed by atoms with Crippen molar-refractivity contribution in [1.82, 2.24) is 5.32 Å². The zero-order chi connectivity index (χ0) is 21.6. The average Bonchev–Trinajstić information content (AvgIpc) is 2.81. The maximum atomic E-state index is 12.7. The van der Waals surface area contributed by atoms with Gasteiger partial charge in [0.1, 0.15) is 17.9 Å². The zero-order valence-electron chi connectivity index (χ0n) is 17.3. The Labute approximate surface area is 180 Å². The summed E-state index contributed by atoms with van der Waals surface area (Å²) in [6.45, 7) is 1.38.